The summed E-state index contributed by atoms with van der Waals surface area (Å²) in [6, 6.07) is 9.54. The topological polar surface area (TPSA) is 127 Å². The van der Waals surface area contributed by atoms with Crippen LogP contribution in [0.1, 0.15) is 5.56 Å². The number of thiocarbonyl (C=S) groups is 1. The molecule has 0 saturated carbocycles. The normalized spacial score (nSPS) is 10.4. The Morgan fingerprint density at radius 2 is 1.74 bits per heavy atom. The van der Waals surface area contributed by atoms with Gasteiger partial charge in [0, 0.05) is 29.3 Å². The fourth-order valence-corrected chi connectivity index (χ4v) is 2.32. The SMILES string of the molecule is O=C(/C=C/c1ccc([N+](=O)[O-])cc1)NC(=S)Nc1ccc(Cl)cc1[N+](=O)[O-]. The zero-order valence-corrected chi connectivity index (χ0v) is 15.0. The lowest BCUT2D eigenvalue weighted by Gasteiger charge is -2.08. The van der Waals surface area contributed by atoms with Gasteiger partial charge in [-0.05, 0) is 48.1 Å². The molecule has 0 atom stereocenters. The average molecular weight is 407 g/mol. The number of nitrogens with zero attached hydrogens (tertiary/aromatic N) is 2. The van der Waals surface area contributed by atoms with Crippen molar-refractivity contribution < 1.29 is 14.6 Å². The van der Waals surface area contributed by atoms with E-state index >= 15 is 0 Å². The summed E-state index contributed by atoms with van der Waals surface area (Å²) in [6.45, 7) is 0. The van der Waals surface area contributed by atoms with Crippen molar-refractivity contribution in [1.29, 1.82) is 0 Å². The molecule has 0 heterocycles. The van der Waals surface area contributed by atoms with Gasteiger partial charge in [0.25, 0.3) is 11.4 Å². The Labute approximate surface area is 162 Å². The highest BCUT2D eigenvalue weighted by atomic mass is 35.5. The van der Waals surface area contributed by atoms with E-state index in [-0.39, 0.29) is 27.2 Å². The molecule has 0 radical (unpaired) electrons. The molecule has 0 aliphatic heterocycles. The fourth-order valence-electron chi connectivity index (χ4n) is 1.95. The predicted molar refractivity (Wildman–Crippen MR) is 105 cm³/mol. The Bertz CT molecular complexity index is 946. The molecule has 2 rings (SSSR count). The second-order valence-electron chi connectivity index (χ2n) is 5.04. The molecule has 27 heavy (non-hydrogen) atoms. The number of anilines is 1. The van der Waals surface area contributed by atoms with Crippen molar-refractivity contribution in [3.8, 4) is 0 Å². The predicted octanol–water partition coefficient (Wildman–Crippen LogP) is 3.68. The van der Waals surface area contributed by atoms with Crippen LogP contribution in [0.2, 0.25) is 5.02 Å². The van der Waals surface area contributed by atoms with Gasteiger partial charge in [-0.1, -0.05) is 11.6 Å². The molecular formula is C16H11ClN4O5S. The first-order chi connectivity index (χ1) is 12.8. The van der Waals surface area contributed by atoms with E-state index in [4.69, 9.17) is 23.8 Å². The number of amides is 1. The number of nitro groups is 2. The Balaban J connectivity index is 1.98. The highest BCUT2D eigenvalue weighted by Crippen LogP contribution is 2.27. The Morgan fingerprint density at radius 1 is 1.07 bits per heavy atom. The van der Waals surface area contributed by atoms with Crippen molar-refractivity contribution in [2.45, 2.75) is 0 Å². The number of rotatable bonds is 5. The van der Waals surface area contributed by atoms with E-state index in [9.17, 15) is 25.0 Å². The molecule has 0 bridgehead atoms. The monoisotopic (exact) mass is 406 g/mol. The molecule has 11 heteroatoms. The fraction of sp³-hybridized carbons (Fsp3) is 0. The van der Waals surface area contributed by atoms with Crippen LogP contribution < -0.4 is 10.6 Å². The van der Waals surface area contributed by atoms with E-state index in [0.29, 0.717) is 5.56 Å². The van der Waals surface area contributed by atoms with E-state index in [1.54, 1.807) is 0 Å². The molecule has 2 N–H and O–H groups in total. The van der Waals surface area contributed by atoms with Gasteiger partial charge in [-0.3, -0.25) is 30.3 Å². The van der Waals surface area contributed by atoms with Gasteiger partial charge in [0.1, 0.15) is 5.69 Å². The molecule has 1 amide bonds. The molecule has 0 aliphatic carbocycles. The number of carbonyl (C=O) groups excluding carboxylic acids is 1. The number of halogens is 1. The van der Waals surface area contributed by atoms with Crippen molar-refractivity contribution in [2.24, 2.45) is 0 Å². The van der Waals surface area contributed by atoms with Crippen LogP contribution in [0.25, 0.3) is 6.08 Å². The number of nitro benzene ring substituents is 2. The average Bonchev–Trinajstić information content (AvgIpc) is 2.61. The molecule has 138 valence electrons. The molecule has 0 fully saturated rings. The molecule has 9 nitrogen and oxygen atoms in total. The summed E-state index contributed by atoms with van der Waals surface area (Å²) < 4.78 is 0. The molecule has 0 unspecified atom stereocenters. The summed E-state index contributed by atoms with van der Waals surface area (Å²) in [6.07, 6.45) is 2.61. The van der Waals surface area contributed by atoms with E-state index in [2.05, 4.69) is 10.6 Å². The number of carbonyl (C=O) groups is 1. The Hall–Kier alpha value is -3.37. The summed E-state index contributed by atoms with van der Waals surface area (Å²) >= 11 is 10.7. The van der Waals surface area contributed by atoms with E-state index in [1.807, 2.05) is 0 Å². The van der Waals surface area contributed by atoms with Crippen molar-refractivity contribution >= 4 is 58.0 Å². The zero-order chi connectivity index (χ0) is 20.0. The van der Waals surface area contributed by atoms with Gasteiger partial charge in [-0.15, -0.1) is 0 Å². The number of benzene rings is 2. The van der Waals surface area contributed by atoms with Gasteiger partial charge in [-0.25, -0.2) is 0 Å². The Morgan fingerprint density at radius 3 is 2.33 bits per heavy atom. The van der Waals surface area contributed by atoms with Gasteiger partial charge in [0.15, 0.2) is 5.11 Å². The summed E-state index contributed by atoms with van der Waals surface area (Å²) in [7, 11) is 0. The van der Waals surface area contributed by atoms with Crippen LogP contribution in [0.3, 0.4) is 0 Å². The molecule has 0 aliphatic rings. The molecule has 0 saturated heterocycles. The lowest BCUT2D eigenvalue weighted by Crippen LogP contribution is -2.33. The quantitative estimate of drug-likeness (QED) is 0.335. The van der Waals surface area contributed by atoms with E-state index in [1.165, 1.54) is 48.6 Å². The summed E-state index contributed by atoms with van der Waals surface area (Å²) in [5.41, 5.74) is 0.295. The van der Waals surface area contributed by atoms with Crippen LogP contribution in [0.4, 0.5) is 17.1 Å². The largest absolute Gasteiger partial charge is 0.327 e. The highest BCUT2D eigenvalue weighted by molar-refractivity contribution is 7.80. The summed E-state index contributed by atoms with van der Waals surface area (Å²) in [5.74, 6) is -0.581. The lowest BCUT2D eigenvalue weighted by atomic mass is 10.2. The lowest BCUT2D eigenvalue weighted by molar-refractivity contribution is -0.384. The second kappa shape index (κ2) is 8.83. The number of hydrogen-bond acceptors (Lipinski definition) is 6. The molecule has 0 aromatic heterocycles. The van der Waals surface area contributed by atoms with Crippen LogP contribution in [-0.4, -0.2) is 20.9 Å². The van der Waals surface area contributed by atoms with Crippen LogP contribution >= 0.6 is 23.8 Å². The minimum atomic E-state index is -0.632. The van der Waals surface area contributed by atoms with Gasteiger partial charge >= 0.3 is 0 Å². The number of non-ortho nitro benzene ring substituents is 1. The molecule has 0 spiro atoms. The standard InChI is InChI=1S/C16H11ClN4O5S/c17-11-4-7-13(14(9-11)21(25)26)18-16(27)19-15(22)8-3-10-1-5-12(6-2-10)20(23)24/h1-9H,(H2,18,19,22,27)/b8-3+. The molecule has 2 aromatic rings. The highest BCUT2D eigenvalue weighted by Gasteiger charge is 2.15. The van der Waals surface area contributed by atoms with Crippen molar-refractivity contribution in [3.05, 3.63) is 79.4 Å². The molecular weight excluding hydrogens is 396 g/mol. The van der Waals surface area contributed by atoms with Crippen LogP contribution in [0.15, 0.2) is 48.5 Å². The first kappa shape index (κ1) is 19.9. The number of nitrogens with one attached hydrogen (secondary N) is 2. The minimum absolute atomic E-state index is 0.0634. The van der Waals surface area contributed by atoms with E-state index < -0.39 is 15.8 Å². The van der Waals surface area contributed by atoms with Crippen LogP contribution in [0.5, 0.6) is 0 Å². The van der Waals surface area contributed by atoms with Gasteiger partial charge in [-0.2, -0.15) is 0 Å². The van der Waals surface area contributed by atoms with Gasteiger partial charge in [0.2, 0.25) is 5.91 Å². The van der Waals surface area contributed by atoms with Crippen LogP contribution in [-0.2, 0) is 4.79 Å². The third-order valence-electron chi connectivity index (χ3n) is 3.17. The maximum Gasteiger partial charge on any atom is 0.294 e. The van der Waals surface area contributed by atoms with Crippen molar-refractivity contribution in [2.75, 3.05) is 5.32 Å². The van der Waals surface area contributed by atoms with E-state index in [0.717, 1.165) is 6.07 Å². The Kier molecular flexibility index (Phi) is 6.52. The van der Waals surface area contributed by atoms with Crippen molar-refractivity contribution in [1.82, 2.24) is 5.32 Å². The van der Waals surface area contributed by atoms with Crippen LogP contribution in [0, 0.1) is 20.2 Å². The molecule has 2 aromatic carbocycles. The maximum absolute atomic E-state index is 11.9. The van der Waals surface area contributed by atoms with Gasteiger partial charge < -0.3 is 5.32 Å². The first-order valence-corrected chi connectivity index (χ1v) is 8.03. The number of hydrogen-bond donors (Lipinski definition) is 2. The third-order valence-corrected chi connectivity index (χ3v) is 3.61. The maximum atomic E-state index is 11.9. The second-order valence-corrected chi connectivity index (χ2v) is 5.89. The zero-order valence-electron chi connectivity index (χ0n) is 13.4. The van der Waals surface area contributed by atoms with Crippen molar-refractivity contribution in [3.63, 3.8) is 0 Å². The minimum Gasteiger partial charge on any atom is -0.327 e. The summed E-state index contributed by atoms with van der Waals surface area (Å²) in [4.78, 5) is 32.3. The van der Waals surface area contributed by atoms with Gasteiger partial charge in [0.05, 0.1) is 9.85 Å². The first-order valence-electron chi connectivity index (χ1n) is 7.24. The smallest absolute Gasteiger partial charge is 0.294 e. The summed E-state index contributed by atoms with van der Waals surface area (Å²) in [5, 5.41) is 26.6. The third kappa shape index (κ3) is 5.83.